The highest BCUT2D eigenvalue weighted by atomic mass is 16.5. The van der Waals surface area contributed by atoms with Crippen LogP contribution in [0.5, 0.6) is 5.75 Å². The molecule has 0 aliphatic heterocycles. The van der Waals surface area contributed by atoms with Gasteiger partial charge in [-0.3, -0.25) is 4.68 Å². The van der Waals surface area contributed by atoms with Crippen LogP contribution < -0.4 is 4.74 Å². The van der Waals surface area contributed by atoms with Gasteiger partial charge < -0.3 is 4.74 Å². The molecule has 0 unspecified atom stereocenters. The lowest BCUT2D eigenvalue weighted by Crippen LogP contribution is -1.96. The first-order chi connectivity index (χ1) is 6.83. The van der Waals surface area contributed by atoms with E-state index in [2.05, 4.69) is 17.2 Å². The van der Waals surface area contributed by atoms with Crippen LogP contribution >= 0.6 is 0 Å². The van der Waals surface area contributed by atoms with E-state index in [1.165, 1.54) is 12.8 Å². The highest BCUT2D eigenvalue weighted by molar-refractivity contribution is 5.79. The summed E-state index contributed by atoms with van der Waals surface area (Å²) < 4.78 is 7.59. The lowest BCUT2D eigenvalue weighted by Gasteiger charge is -2.04. The Morgan fingerprint density at radius 1 is 1.43 bits per heavy atom. The number of ether oxygens (including phenoxy) is 1. The van der Waals surface area contributed by atoms with Gasteiger partial charge >= 0.3 is 0 Å². The minimum absolute atomic E-state index is 0.459. The number of rotatable bonds is 2. The molecule has 0 bridgehead atoms. The topological polar surface area (TPSA) is 27.1 Å². The van der Waals surface area contributed by atoms with Gasteiger partial charge in [0.25, 0.3) is 0 Å². The summed E-state index contributed by atoms with van der Waals surface area (Å²) in [6.07, 6.45) is 4.73. The van der Waals surface area contributed by atoms with E-state index >= 15 is 0 Å². The number of hydrogen-bond donors (Lipinski definition) is 0. The third-order valence-corrected chi connectivity index (χ3v) is 2.55. The molecule has 1 aliphatic carbocycles. The van der Waals surface area contributed by atoms with Gasteiger partial charge in [-0.2, -0.15) is 5.10 Å². The Labute approximate surface area is 82.3 Å². The Balaban J connectivity index is 2.03. The summed E-state index contributed by atoms with van der Waals surface area (Å²) in [4.78, 5) is 0. The number of hydrogen-bond acceptors (Lipinski definition) is 2. The molecule has 0 atom stereocenters. The van der Waals surface area contributed by atoms with Crippen molar-refractivity contribution < 1.29 is 4.74 Å². The molecule has 0 saturated heterocycles. The molecule has 0 radical (unpaired) electrons. The minimum atomic E-state index is 0.459. The molecule has 0 N–H and O–H groups in total. The molecule has 0 amide bonds. The van der Waals surface area contributed by atoms with Gasteiger partial charge in [-0.15, -0.1) is 0 Å². The van der Waals surface area contributed by atoms with Crippen LogP contribution in [0.1, 0.15) is 12.8 Å². The fourth-order valence-electron chi connectivity index (χ4n) is 1.58. The van der Waals surface area contributed by atoms with E-state index in [-0.39, 0.29) is 0 Å². The van der Waals surface area contributed by atoms with E-state index in [9.17, 15) is 0 Å². The van der Waals surface area contributed by atoms with Crippen LogP contribution in [0.4, 0.5) is 0 Å². The second-order valence-electron chi connectivity index (χ2n) is 3.81. The lowest BCUT2D eigenvalue weighted by molar-refractivity contribution is 0.303. The van der Waals surface area contributed by atoms with Crippen LogP contribution in [0.3, 0.4) is 0 Å². The maximum absolute atomic E-state index is 5.72. The van der Waals surface area contributed by atoms with E-state index < -0.39 is 0 Å². The molecule has 14 heavy (non-hydrogen) atoms. The number of benzene rings is 1. The average Bonchev–Trinajstić information content (AvgIpc) is 2.92. The highest BCUT2D eigenvalue weighted by Crippen LogP contribution is 2.28. The highest BCUT2D eigenvalue weighted by Gasteiger charge is 2.23. The first kappa shape index (κ1) is 7.85. The number of aromatic nitrogens is 2. The quantitative estimate of drug-likeness (QED) is 0.721. The smallest absolute Gasteiger partial charge is 0.121 e. The molecule has 2 aromatic rings. The first-order valence-corrected chi connectivity index (χ1v) is 4.91. The fraction of sp³-hybridized carbons (Fsp3) is 0.364. The summed E-state index contributed by atoms with van der Waals surface area (Å²) in [5, 5.41) is 5.36. The summed E-state index contributed by atoms with van der Waals surface area (Å²) in [5.74, 6) is 0.962. The van der Waals surface area contributed by atoms with Gasteiger partial charge in [-0.1, -0.05) is 0 Å². The van der Waals surface area contributed by atoms with Crippen LogP contribution in [0.25, 0.3) is 10.9 Å². The van der Waals surface area contributed by atoms with Gasteiger partial charge in [-0.05, 0) is 25.0 Å². The first-order valence-electron chi connectivity index (χ1n) is 4.91. The monoisotopic (exact) mass is 188 g/mol. The summed E-state index contributed by atoms with van der Waals surface area (Å²) in [6, 6.07) is 6.13. The molecule has 1 aromatic heterocycles. The number of nitrogens with zero attached hydrogens (tertiary/aromatic N) is 2. The van der Waals surface area contributed by atoms with Crippen LogP contribution in [0.2, 0.25) is 0 Å². The second-order valence-corrected chi connectivity index (χ2v) is 3.81. The summed E-state index contributed by atoms with van der Waals surface area (Å²) in [6.45, 7) is 0. The Bertz CT molecular complexity index is 471. The van der Waals surface area contributed by atoms with Crippen molar-refractivity contribution in [2.45, 2.75) is 18.9 Å². The van der Waals surface area contributed by atoms with Gasteiger partial charge in [0, 0.05) is 18.5 Å². The van der Waals surface area contributed by atoms with Gasteiger partial charge in [0.2, 0.25) is 0 Å². The molecule has 1 aliphatic rings. The Morgan fingerprint density at radius 2 is 2.29 bits per heavy atom. The molecule has 1 fully saturated rings. The molecule has 1 saturated carbocycles. The van der Waals surface area contributed by atoms with Crippen molar-refractivity contribution >= 4 is 10.9 Å². The van der Waals surface area contributed by atoms with Crippen LogP contribution in [0, 0.1) is 0 Å². The van der Waals surface area contributed by atoms with Gasteiger partial charge in [-0.25, -0.2) is 0 Å². The second kappa shape index (κ2) is 2.74. The van der Waals surface area contributed by atoms with Crippen LogP contribution in [-0.2, 0) is 7.05 Å². The fourth-order valence-corrected chi connectivity index (χ4v) is 1.58. The number of aryl methyl sites for hydroxylation is 1. The zero-order valence-electron chi connectivity index (χ0n) is 8.10. The summed E-state index contributed by atoms with van der Waals surface area (Å²) in [5.41, 5.74) is 1.13. The molecular formula is C11H12N2O. The zero-order chi connectivity index (χ0) is 9.54. The van der Waals surface area contributed by atoms with Crippen molar-refractivity contribution in [3.05, 3.63) is 24.4 Å². The molecule has 72 valence electrons. The van der Waals surface area contributed by atoms with Crippen LogP contribution in [0.15, 0.2) is 24.4 Å². The summed E-state index contributed by atoms with van der Waals surface area (Å²) in [7, 11) is 1.95. The minimum Gasteiger partial charge on any atom is -0.490 e. The van der Waals surface area contributed by atoms with E-state index in [0.717, 1.165) is 16.7 Å². The lowest BCUT2D eigenvalue weighted by atomic mass is 10.2. The third kappa shape index (κ3) is 1.25. The standard InChI is InChI=1S/C11H12N2O/c1-13-11-6-10(14-9-4-5-9)3-2-8(11)7-12-13/h2-3,6-7,9H,4-5H2,1H3. The van der Waals surface area contributed by atoms with E-state index in [1.807, 2.05) is 24.0 Å². The van der Waals surface area contributed by atoms with Crippen molar-refractivity contribution in [2.24, 2.45) is 7.05 Å². The van der Waals surface area contributed by atoms with Gasteiger partial charge in [0.1, 0.15) is 5.75 Å². The van der Waals surface area contributed by atoms with E-state index in [0.29, 0.717) is 6.10 Å². The van der Waals surface area contributed by atoms with Crippen molar-refractivity contribution in [2.75, 3.05) is 0 Å². The van der Waals surface area contributed by atoms with Crippen molar-refractivity contribution in [1.29, 1.82) is 0 Å². The van der Waals surface area contributed by atoms with Crippen molar-refractivity contribution in [3.8, 4) is 5.75 Å². The van der Waals surface area contributed by atoms with Crippen molar-refractivity contribution in [1.82, 2.24) is 9.78 Å². The van der Waals surface area contributed by atoms with E-state index in [4.69, 9.17) is 4.74 Å². The summed E-state index contributed by atoms with van der Waals surface area (Å²) >= 11 is 0. The Kier molecular flexibility index (Phi) is 1.54. The third-order valence-electron chi connectivity index (χ3n) is 2.55. The maximum Gasteiger partial charge on any atom is 0.121 e. The SMILES string of the molecule is Cn1ncc2ccc(OC3CC3)cc21. The predicted molar refractivity (Wildman–Crippen MR) is 54.4 cm³/mol. The molecule has 3 heteroatoms. The van der Waals surface area contributed by atoms with Gasteiger partial charge in [0.05, 0.1) is 17.8 Å². The average molecular weight is 188 g/mol. The number of fused-ring (bicyclic) bond motifs is 1. The molecule has 1 aromatic carbocycles. The Morgan fingerprint density at radius 3 is 3.07 bits per heavy atom. The normalized spacial score (nSPS) is 16.1. The largest absolute Gasteiger partial charge is 0.490 e. The maximum atomic E-state index is 5.72. The predicted octanol–water partition coefficient (Wildman–Crippen LogP) is 2.11. The van der Waals surface area contributed by atoms with Crippen molar-refractivity contribution in [3.63, 3.8) is 0 Å². The molecule has 1 heterocycles. The molecule has 3 rings (SSSR count). The van der Waals surface area contributed by atoms with E-state index in [1.54, 1.807) is 0 Å². The van der Waals surface area contributed by atoms with Gasteiger partial charge in [0.15, 0.2) is 0 Å². The van der Waals surface area contributed by atoms with Crippen LogP contribution in [-0.4, -0.2) is 15.9 Å². The molecule has 0 spiro atoms. The zero-order valence-corrected chi connectivity index (χ0v) is 8.10. The molecule has 3 nitrogen and oxygen atoms in total. The Hall–Kier alpha value is -1.51. The molecular weight excluding hydrogens is 176 g/mol.